The van der Waals surface area contributed by atoms with Crippen LogP contribution < -0.4 is 0 Å². The first-order valence-electron chi connectivity index (χ1n) is 12.1. The maximum Gasteiger partial charge on any atom is 0.410 e. The first-order valence-corrected chi connectivity index (χ1v) is 13.6. The van der Waals surface area contributed by atoms with Crippen molar-refractivity contribution >= 4 is 16.1 Å². The fourth-order valence-electron chi connectivity index (χ4n) is 4.91. The molecule has 35 heavy (non-hydrogen) atoms. The van der Waals surface area contributed by atoms with Crippen molar-refractivity contribution in [1.82, 2.24) is 9.21 Å². The molecule has 2 aromatic carbocycles. The molecule has 1 atom stereocenters. The Bertz CT molecular complexity index is 1150. The molecular weight excluding hydrogens is 464 g/mol. The van der Waals surface area contributed by atoms with Crippen molar-refractivity contribution < 1.29 is 22.7 Å². The Balaban J connectivity index is 1.64. The zero-order chi connectivity index (χ0) is 25.5. The molecule has 7 nitrogen and oxygen atoms in total. The minimum absolute atomic E-state index is 0.213. The Hall–Kier alpha value is -2.42. The van der Waals surface area contributed by atoms with E-state index in [-0.39, 0.29) is 24.1 Å². The average Bonchev–Trinajstić information content (AvgIpc) is 2.79. The molecule has 2 saturated heterocycles. The van der Waals surface area contributed by atoms with Crippen LogP contribution in [0, 0.1) is 6.92 Å². The summed E-state index contributed by atoms with van der Waals surface area (Å²) in [5.74, 6) is 0. The largest absolute Gasteiger partial charge is 0.444 e. The number of ether oxygens (including phenoxy) is 2. The third-order valence-corrected chi connectivity index (χ3v) is 8.56. The van der Waals surface area contributed by atoms with Crippen LogP contribution in [0.15, 0.2) is 59.5 Å². The third kappa shape index (κ3) is 5.55. The van der Waals surface area contributed by atoms with Crippen molar-refractivity contribution in [2.24, 2.45) is 0 Å². The van der Waals surface area contributed by atoms with Gasteiger partial charge in [-0.3, -0.25) is 0 Å². The second-order valence-electron chi connectivity index (χ2n) is 10.9. The first-order chi connectivity index (χ1) is 16.3. The van der Waals surface area contributed by atoms with Gasteiger partial charge < -0.3 is 14.4 Å². The van der Waals surface area contributed by atoms with Crippen LogP contribution in [-0.2, 0) is 25.1 Å². The summed E-state index contributed by atoms with van der Waals surface area (Å²) in [6, 6.07) is 16.7. The van der Waals surface area contributed by atoms with Crippen LogP contribution in [0.4, 0.5) is 4.79 Å². The second-order valence-corrected chi connectivity index (χ2v) is 12.9. The lowest BCUT2D eigenvalue weighted by atomic mass is 9.85. The summed E-state index contributed by atoms with van der Waals surface area (Å²) >= 11 is 0. The minimum Gasteiger partial charge on any atom is -0.444 e. The number of piperidine rings is 1. The molecule has 0 radical (unpaired) electrons. The van der Waals surface area contributed by atoms with Gasteiger partial charge in [-0.25, -0.2) is 13.2 Å². The van der Waals surface area contributed by atoms with Crippen LogP contribution in [0.2, 0.25) is 0 Å². The molecule has 0 saturated carbocycles. The highest BCUT2D eigenvalue weighted by atomic mass is 32.2. The molecule has 1 spiro atoms. The number of hydrogen-bond donors (Lipinski definition) is 0. The molecule has 2 aliphatic rings. The van der Waals surface area contributed by atoms with Crippen molar-refractivity contribution in [3.8, 4) is 0 Å². The number of aryl methyl sites for hydroxylation is 1. The molecule has 0 bridgehead atoms. The quantitative estimate of drug-likeness (QED) is 0.611. The lowest BCUT2D eigenvalue weighted by molar-refractivity contribution is -0.210. The van der Waals surface area contributed by atoms with E-state index < -0.39 is 26.8 Å². The number of carbonyl (C=O) groups is 1. The topological polar surface area (TPSA) is 76.2 Å². The summed E-state index contributed by atoms with van der Waals surface area (Å²) in [6.07, 6.45) is 0.696. The van der Waals surface area contributed by atoms with Crippen LogP contribution in [0.3, 0.4) is 0 Å². The second kappa shape index (κ2) is 9.22. The van der Waals surface area contributed by atoms with Gasteiger partial charge in [-0.2, -0.15) is 4.31 Å². The van der Waals surface area contributed by atoms with Crippen LogP contribution in [0.25, 0.3) is 0 Å². The van der Waals surface area contributed by atoms with Gasteiger partial charge in [0.15, 0.2) is 0 Å². The lowest BCUT2D eigenvalue weighted by Gasteiger charge is -2.53. The van der Waals surface area contributed by atoms with E-state index in [1.807, 2.05) is 77.1 Å². The molecule has 2 heterocycles. The summed E-state index contributed by atoms with van der Waals surface area (Å²) < 4.78 is 41.4. The van der Waals surface area contributed by atoms with Gasteiger partial charge in [0.25, 0.3) is 0 Å². The molecule has 4 rings (SSSR count). The number of morpholine rings is 1. The number of rotatable bonds is 3. The summed E-state index contributed by atoms with van der Waals surface area (Å²) in [5, 5.41) is 0. The number of hydrogen-bond acceptors (Lipinski definition) is 5. The fourth-order valence-corrected chi connectivity index (χ4v) is 6.51. The van der Waals surface area contributed by atoms with Crippen LogP contribution in [0.5, 0.6) is 0 Å². The van der Waals surface area contributed by atoms with Crippen LogP contribution in [0.1, 0.15) is 51.7 Å². The van der Waals surface area contributed by atoms with Gasteiger partial charge in [-0.1, -0.05) is 48.0 Å². The summed E-state index contributed by atoms with van der Waals surface area (Å²) in [6.45, 7) is 10.8. The Morgan fingerprint density at radius 3 is 2.14 bits per heavy atom. The van der Waals surface area contributed by atoms with Gasteiger partial charge in [0.2, 0.25) is 10.0 Å². The molecule has 2 aliphatic heterocycles. The van der Waals surface area contributed by atoms with E-state index in [2.05, 4.69) is 0 Å². The Morgan fingerprint density at radius 2 is 1.57 bits per heavy atom. The highest BCUT2D eigenvalue weighted by Gasteiger charge is 2.52. The highest BCUT2D eigenvalue weighted by molar-refractivity contribution is 7.89. The zero-order valence-corrected chi connectivity index (χ0v) is 22.1. The van der Waals surface area contributed by atoms with E-state index in [1.165, 1.54) is 0 Å². The number of benzene rings is 2. The van der Waals surface area contributed by atoms with Gasteiger partial charge in [0.1, 0.15) is 11.2 Å². The Morgan fingerprint density at radius 1 is 0.971 bits per heavy atom. The smallest absolute Gasteiger partial charge is 0.410 e. The molecule has 0 N–H and O–H groups in total. The lowest BCUT2D eigenvalue weighted by Crippen LogP contribution is -2.63. The number of carbonyl (C=O) groups excluding carboxylic acids is 1. The Kier molecular flexibility index (Phi) is 6.76. The number of nitrogens with zero attached hydrogens (tertiary/aromatic N) is 2. The predicted molar refractivity (Wildman–Crippen MR) is 135 cm³/mol. The molecular formula is C27H36N2O5S. The van der Waals surface area contributed by atoms with E-state index in [0.29, 0.717) is 25.9 Å². The molecule has 2 fully saturated rings. The van der Waals surface area contributed by atoms with Gasteiger partial charge >= 0.3 is 6.09 Å². The van der Waals surface area contributed by atoms with Crippen molar-refractivity contribution in [3.05, 3.63) is 65.7 Å². The van der Waals surface area contributed by atoms with E-state index in [9.17, 15) is 13.2 Å². The molecule has 190 valence electrons. The van der Waals surface area contributed by atoms with Crippen molar-refractivity contribution in [3.63, 3.8) is 0 Å². The van der Waals surface area contributed by atoms with Gasteiger partial charge in [-0.05, 0) is 65.2 Å². The van der Waals surface area contributed by atoms with Crippen molar-refractivity contribution in [2.75, 3.05) is 26.2 Å². The molecule has 0 unspecified atom stereocenters. The average molecular weight is 501 g/mol. The minimum atomic E-state index is -3.74. The Labute approximate surface area is 209 Å². The third-order valence-electron chi connectivity index (χ3n) is 6.75. The van der Waals surface area contributed by atoms with Crippen LogP contribution in [-0.4, -0.2) is 61.1 Å². The van der Waals surface area contributed by atoms with E-state index in [0.717, 1.165) is 11.1 Å². The monoisotopic (exact) mass is 500 g/mol. The normalized spacial score (nSPS) is 23.3. The maximum absolute atomic E-state index is 13.8. The fraction of sp³-hybridized carbons (Fsp3) is 0.519. The molecule has 1 amide bonds. The van der Waals surface area contributed by atoms with Crippen molar-refractivity contribution in [1.29, 1.82) is 0 Å². The SMILES string of the molecule is Cc1ccc(S(=O)(=O)N2CC3(CCN(C(=O)OC(C)(C)C)CC3)O[C@](C)(c3ccccc3)C2)cc1. The van der Waals surface area contributed by atoms with Gasteiger partial charge in [0.05, 0.1) is 10.5 Å². The van der Waals surface area contributed by atoms with E-state index >= 15 is 0 Å². The number of amides is 1. The summed E-state index contributed by atoms with van der Waals surface area (Å²) in [5.41, 5.74) is -0.174. The summed E-state index contributed by atoms with van der Waals surface area (Å²) in [4.78, 5) is 14.6. The maximum atomic E-state index is 13.8. The molecule has 8 heteroatoms. The van der Waals surface area contributed by atoms with Crippen molar-refractivity contribution in [2.45, 2.75) is 69.2 Å². The highest BCUT2D eigenvalue weighted by Crippen LogP contribution is 2.43. The summed E-state index contributed by atoms with van der Waals surface area (Å²) in [7, 11) is -3.74. The zero-order valence-electron chi connectivity index (χ0n) is 21.3. The van der Waals surface area contributed by atoms with E-state index in [4.69, 9.17) is 9.47 Å². The number of sulfonamides is 1. The van der Waals surface area contributed by atoms with Crippen LogP contribution >= 0.6 is 0 Å². The molecule has 2 aromatic rings. The molecule has 0 aromatic heterocycles. The first kappa shape index (κ1) is 25.7. The van der Waals surface area contributed by atoms with Gasteiger partial charge in [-0.15, -0.1) is 0 Å². The number of likely N-dealkylation sites (tertiary alicyclic amines) is 1. The molecule has 0 aliphatic carbocycles. The standard InChI is InChI=1S/C27H36N2O5S/c1-21-11-13-23(14-12-21)35(31,32)29-19-26(5,22-9-7-6-8-10-22)34-27(20-29)15-17-28(18-16-27)24(30)33-25(2,3)4/h6-14H,15-20H2,1-5H3/t26-/m0/s1. The van der Waals surface area contributed by atoms with E-state index in [1.54, 1.807) is 21.3 Å². The van der Waals surface area contributed by atoms with Gasteiger partial charge in [0, 0.05) is 26.2 Å². The predicted octanol–water partition coefficient (Wildman–Crippen LogP) is 4.70.